The van der Waals surface area contributed by atoms with Crippen LogP contribution in [0.4, 0.5) is 5.69 Å². The molecule has 0 unspecified atom stereocenters. The summed E-state index contributed by atoms with van der Waals surface area (Å²) in [7, 11) is 0. The molecule has 0 aliphatic carbocycles. The van der Waals surface area contributed by atoms with E-state index in [-0.39, 0.29) is 0 Å². The molecule has 0 amide bonds. The first kappa shape index (κ1) is 15.7. The normalized spacial score (nSPS) is 18.6. The van der Waals surface area contributed by atoms with Crippen LogP contribution in [0.25, 0.3) is 0 Å². The van der Waals surface area contributed by atoms with Gasteiger partial charge >= 0.3 is 0 Å². The molecule has 1 fully saturated rings. The molecule has 0 aromatic heterocycles. The molecule has 1 aliphatic rings. The second-order valence-electron chi connectivity index (χ2n) is 6.96. The van der Waals surface area contributed by atoms with Crippen LogP contribution in [0.2, 0.25) is 5.02 Å². The number of halogens is 1. The standard InChI is InChI=1S/C17H27ClN2/c1-13(2)19-12-14-11-15(18)5-6-16(14)20-9-7-17(3,4)8-10-20/h5-6,11,13,19H,7-10,12H2,1-4H3. The third-order valence-corrected chi connectivity index (χ3v) is 4.44. The molecule has 0 saturated carbocycles. The second-order valence-corrected chi connectivity index (χ2v) is 7.40. The molecule has 1 N–H and O–H groups in total. The van der Waals surface area contributed by atoms with Gasteiger partial charge in [0, 0.05) is 36.4 Å². The minimum absolute atomic E-state index is 0.485. The molecule has 3 heteroatoms. The van der Waals surface area contributed by atoms with Crippen molar-refractivity contribution in [2.75, 3.05) is 18.0 Å². The van der Waals surface area contributed by atoms with Crippen molar-refractivity contribution in [3.63, 3.8) is 0 Å². The number of piperidine rings is 1. The fraction of sp³-hybridized carbons (Fsp3) is 0.647. The average molecular weight is 295 g/mol. The first-order valence-electron chi connectivity index (χ1n) is 7.64. The van der Waals surface area contributed by atoms with Crippen molar-refractivity contribution in [3.05, 3.63) is 28.8 Å². The van der Waals surface area contributed by atoms with Crippen molar-refractivity contribution in [1.29, 1.82) is 0 Å². The van der Waals surface area contributed by atoms with E-state index >= 15 is 0 Å². The van der Waals surface area contributed by atoms with E-state index in [4.69, 9.17) is 11.6 Å². The molecule has 1 saturated heterocycles. The van der Waals surface area contributed by atoms with Gasteiger partial charge in [-0.05, 0) is 42.0 Å². The van der Waals surface area contributed by atoms with Crippen LogP contribution in [0.3, 0.4) is 0 Å². The summed E-state index contributed by atoms with van der Waals surface area (Å²) in [6.45, 7) is 12.3. The van der Waals surface area contributed by atoms with Gasteiger partial charge in [-0.25, -0.2) is 0 Å². The van der Waals surface area contributed by atoms with Gasteiger partial charge in [0.25, 0.3) is 0 Å². The van der Waals surface area contributed by atoms with Crippen LogP contribution in [-0.2, 0) is 6.54 Å². The highest BCUT2D eigenvalue weighted by atomic mass is 35.5. The van der Waals surface area contributed by atoms with Gasteiger partial charge in [0.2, 0.25) is 0 Å². The van der Waals surface area contributed by atoms with E-state index in [1.165, 1.54) is 24.1 Å². The van der Waals surface area contributed by atoms with E-state index in [0.717, 1.165) is 24.7 Å². The third-order valence-electron chi connectivity index (χ3n) is 4.20. The lowest BCUT2D eigenvalue weighted by molar-refractivity contribution is 0.279. The summed E-state index contributed by atoms with van der Waals surface area (Å²) in [5.74, 6) is 0. The van der Waals surface area contributed by atoms with Gasteiger partial charge < -0.3 is 10.2 Å². The Hall–Kier alpha value is -0.730. The van der Waals surface area contributed by atoms with Gasteiger partial charge in [0.05, 0.1) is 0 Å². The van der Waals surface area contributed by atoms with Crippen molar-refractivity contribution in [3.8, 4) is 0 Å². The molecule has 1 aromatic rings. The van der Waals surface area contributed by atoms with Crippen molar-refractivity contribution < 1.29 is 0 Å². The topological polar surface area (TPSA) is 15.3 Å². The summed E-state index contributed by atoms with van der Waals surface area (Å²) in [4.78, 5) is 2.51. The summed E-state index contributed by atoms with van der Waals surface area (Å²) in [6, 6.07) is 6.78. The Morgan fingerprint density at radius 2 is 1.90 bits per heavy atom. The Kier molecular flexibility index (Phi) is 4.98. The minimum Gasteiger partial charge on any atom is -0.371 e. The Morgan fingerprint density at radius 1 is 1.25 bits per heavy atom. The molecule has 0 atom stereocenters. The van der Waals surface area contributed by atoms with E-state index in [0.29, 0.717) is 11.5 Å². The number of rotatable bonds is 4. The zero-order valence-electron chi connectivity index (χ0n) is 13.2. The molecular formula is C17H27ClN2. The van der Waals surface area contributed by atoms with Crippen LogP contribution in [0.5, 0.6) is 0 Å². The molecule has 1 aliphatic heterocycles. The maximum atomic E-state index is 6.17. The van der Waals surface area contributed by atoms with E-state index in [9.17, 15) is 0 Å². The Morgan fingerprint density at radius 3 is 2.50 bits per heavy atom. The predicted octanol–water partition coefficient (Wildman–Crippen LogP) is 4.46. The maximum absolute atomic E-state index is 6.17. The highest BCUT2D eigenvalue weighted by molar-refractivity contribution is 6.30. The van der Waals surface area contributed by atoms with Crippen molar-refractivity contribution in [2.45, 2.75) is 53.1 Å². The molecule has 0 spiro atoms. The summed E-state index contributed by atoms with van der Waals surface area (Å²) in [5.41, 5.74) is 3.14. The number of benzene rings is 1. The first-order valence-corrected chi connectivity index (χ1v) is 8.02. The van der Waals surface area contributed by atoms with Crippen LogP contribution in [0.15, 0.2) is 18.2 Å². The number of hydrogen-bond acceptors (Lipinski definition) is 2. The quantitative estimate of drug-likeness (QED) is 0.882. The Bertz CT molecular complexity index is 444. The first-order chi connectivity index (χ1) is 9.37. The molecule has 2 rings (SSSR count). The molecule has 1 aromatic carbocycles. The lowest BCUT2D eigenvalue weighted by atomic mass is 9.82. The van der Waals surface area contributed by atoms with Crippen molar-refractivity contribution >= 4 is 17.3 Å². The smallest absolute Gasteiger partial charge is 0.0412 e. The van der Waals surface area contributed by atoms with Crippen LogP contribution in [0.1, 0.15) is 46.1 Å². The van der Waals surface area contributed by atoms with E-state index in [1.54, 1.807) is 0 Å². The van der Waals surface area contributed by atoms with Gasteiger partial charge in [-0.3, -0.25) is 0 Å². The van der Waals surface area contributed by atoms with E-state index in [2.05, 4.69) is 50.0 Å². The molecule has 20 heavy (non-hydrogen) atoms. The molecule has 0 bridgehead atoms. The fourth-order valence-corrected chi connectivity index (χ4v) is 2.87. The summed E-state index contributed by atoms with van der Waals surface area (Å²) in [5, 5.41) is 4.33. The third kappa shape index (κ3) is 4.13. The van der Waals surface area contributed by atoms with Gasteiger partial charge in [0.1, 0.15) is 0 Å². The van der Waals surface area contributed by atoms with Gasteiger partial charge in [-0.2, -0.15) is 0 Å². The zero-order valence-corrected chi connectivity index (χ0v) is 13.9. The van der Waals surface area contributed by atoms with E-state index < -0.39 is 0 Å². The van der Waals surface area contributed by atoms with Crippen molar-refractivity contribution in [1.82, 2.24) is 5.32 Å². The number of nitrogens with zero attached hydrogens (tertiary/aromatic N) is 1. The van der Waals surface area contributed by atoms with Gasteiger partial charge in [-0.1, -0.05) is 39.3 Å². The highest BCUT2D eigenvalue weighted by Crippen LogP contribution is 2.34. The number of hydrogen-bond donors (Lipinski definition) is 1. The second kappa shape index (κ2) is 6.36. The molecule has 2 nitrogen and oxygen atoms in total. The average Bonchev–Trinajstić information content (AvgIpc) is 2.37. The largest absolute Gasteiger partial charge is 0.371 e. The molecule has 112 valence electrons. The lowest BCUT2D eigenvalue weighted by Gasteiger charge is -2.39. The molecule has 1 heterocycles. The van der Waals surface area contributed by atoms with E-state index in [1.807, 2.05) is 6.07 Å². The molecule has 0 radical (unpaired) electrons. The summed E-state index contributed by atoms with van der Waals surface area (Å²) in [6.07, 6.45) is 2.51. The van der Waals surface area contributed by atoms with Gasteiger partial charge in [0.15, 0.2) is 0 Å². The highest BCUT2D eigenvalue weighted by Gasteiger charge is 2.26. The van der Waals surface area contributed by atoms with Crippen molar-refractivity contribution in [2.24, 2.45) is 5.41 Å². The molecular weight excluding hydrogens is 268 g/mol. The maximum Gasteiger partial charge on any atom is 0.0412 e. The monoisotopic (exact) mass is 294 g/mol. The summed E-state index contributed by atoms with van der Waals surface area (Å²) < 4.78 is 0. The minimum atomic E-state index is 0.485. The lowest BCUT2D eigenvalue weighted by Crippen LogP contribution is -2.38. The van der Waals surface area contributed by atoms with Crippen LogP contribution in [0, 0.1) is 5.41 Å². The van der Waals surface area contributed by atoms with Crippen LogP contribution < -0.4 is 10.2 Å². The number of nitrogens with one attached hydrogen (secondary N) is 1. The zero-order chi connectivity index (χ0) is 14.8. The fourth-order valence-electron chi connectivity index (χ4n) is 2.67. The Labute approximate surface area is 128 Å². The van der Waals surface area contributed by atoms with Crippen LogP contribution in [-0.4, -0.2) is 19.1 Å². The number of anilines is 1. The predicted molar refractivity (Wildman–Crippen MR) is 88.7 cm³/mol. The van der Waals surface area contributed by atoms with Gasteiger partial charge in [-0.15, -0.1) is 0 Å². The Balaban J connectivity index is 2.14. The van der Waals surface area contributed by atoms with Crippen LogP contribution >= 0.6 is 11.6 Å². The SMILES string of the molecule is CC(C)NCc1cc(Cl)ccc1N1CCC(C)(C)CC1. The summed E-state index contributed by atoms with van der Waals surface area (Å²) >= 11 is 6.17.